The number of carbonyl (C=O) groups is 1. The number of amides is 1. The molecular weight excluding hydrogens is 398 g/mol. The van der Waals surface area contributed by atoms with Gasteiger partial charge < -0.3 is 19.9 Å². The Kier molecular flexibility index (Phi) is 7.07. The van der Waals surface area contributed by atoms with Crippen LogP contribution in [0.4, 0.5) is 11.4 Å². The summed E-state index contributed by atoms with van der Waals surface area (Å²) in [7, 11) is 0. The molecule has 1 fully saturated rings. The molecule has 1 aliphatic rings. The van der Waals surface area contributed by atoms with Gasteiger partial charge in [0.2, 0.25) is 0 Å². The number of rotatable bonds is 7. The van der Waals surface area contributed by atoms with Gasteiger partial charge in [0.15, 0.2) is 6.61 Å². The molecule has 166 valence electrons. The molecule has 0 radical (unpaired) electrons. The molecule has 4 rings (SSSR count). The number of carbonyl (C=O) groups excluding carboxylic acids is 1. The van der Waals surface area contributed by atoms with Crippen molar-refractivity contribution in [2.45, 2.75) is 20.4 Å². The van der Waals surface area contributed by atoms with Crippen LogP contribution in [0.3, 0.4) is 0 Å². The predicted octanol–water partition coefficient (Wildman–Crippen LogP) is 3.23. The van der Waals surface area contributed by atoms with Crippen LogP contribution < -0.4 is 19.9 Å². The lowest BCUT2D eigenvalue weighted by atomic mass is 10.1. The number of ether oxygens (including phenoxy) is 1. The van der Waals surface area contributed by atoms with Crippen LogP contribution in [0.2, 0.25) is 0 Å². The minimum absolute atomic E-state index is 0.00357. The molecule has 0 spiro atoms. The minimum atomic E-state index is -0.158. The molecule has 0 saturated carbocycles. The molecule has 5 heteroatoms. The number of hydrogen-bond donors (Lipinski definition) is 2. The number of anilines is 2. The molecule has 1 saturated heterocycles. The second-order valence-corrected chi connectivity index (χ2v) is 8.53. The Balaban J connectivity index is 1.23. The third-order valence-electron chi connectivity index (χ3n) is 6.13. The van der Waals surface area contributed by atoms with Gasteiger partial charge in [-0.05, 0) is 61.4 Å². The van der Waals surface area contributed by atoms with Gasteiger partial charge in [0, 0.05) is 16.9 Å². The van der Waals surface area contributed by atoms with Crippen LogP contribution in [0.5, 0.6) is 5.75 Å². The SMILES string of the molecule is Cc1ccc(OCC(=O)Nc2ccc(N3CC[NH+](Cc4ccccc4)CC3)cc2)cc1C. The highest BCUT2D eigenvalue weighted by Gasteiger charge is 2.20. The standard InChI is InChI=1S/C27H31N3O2/c1-21-8-13-26(18-22(21)2)32-20-27(31)28-24-9-11-25(12-10-24)30-16-14-29(15-17-30)19-23-6-4-3-5-7-23/h3-13,18H,14-17,19-20H2,1-2H3,(H,28,31)/p+1. The highest BCUT2D eigenvalue weighted by atomic mass is 16.5. The number of benzene rings is 3. The first-order chi connectivity index (χ1) is 15.6. The second kappa shape index (κ2) is 10.3. The molecule has 0 atom stereocenters. The molecule has 1 amide bonds. The van der Waals surface area contributed by atoms with E-state index in [2.05, 4.69) is 59.6 Å². The third kappa shape index (κ3) is 5.89. The zero-order valence-corrected chi connectivity index (χ0v) is 18.9. The van der Waals surface area contributed by atoms with Crippen LogP contribution in [-0.4, -0.2) is 38.7 Å². The van der Waals surface area contributed by atoms with E-state index in [9.17, 15) is 4.79 Å². The van der Waals surface area contributed by atoms with Gasteiger partial charge in [-0.2, -0.15) is 0 Å². The predicted molar refractivity (Wildman–Crippen MR) is 130 cm³/mol. The van der Waals surface area contributed by atoms with Crippen LogP contribution in [0.1, 0.15) is 16.7 Å². The summed E-state index contributed by atoms with van der Waals surface area (Å²) in [5.74, 6) is 0.557. The summed E-state index contributed by atoms with van der Waals surface area (Å²) >= 11 is 0. The monoisotopic (exact) mass is 430 g/mol. The molecule has 0 aromatic heterocycles. The van der Waals surface area contributed by atoms with Crippen molar-refractivity contribution in [2.24, 2.45) is 0 Å². The quantitative estimate of drug-likeness (QED) is 0.605. The Bertz CT molecular complexity index is 1030. The maximum Gasteiger partial charge on any atom is 0.262 e. The summed E-state index contributed by atoms with van der Waals surface area (Å²) in [6, 6.07) is 24.7. The second-order valence-electron chi connectivity index (χ2n) is 8.53. The molecule has 3 aromatic rings. The summed E-state index contributed by atoms with van der Waals surface area (Å²) in [5, 5.41) is 2.92. The van der Waals surface area contributed by atoms with E-state index in [0.29, 0.717) is 5.75 Å². The molecule has 0 bridgehead atoms. The van der Waals surface area contributed by atoms with Crippen molar-refractivity contribution in [1.82, 2.24) is 0 Å². The van der Waals surface area contributed by atoms with Crippen LogP contribution in [0.25, 0.3) is 0 Å². The van der Waals surface area contributed by atoms with Crippen molar-refractivity contribution in [2.75, 3.05) is 43.0 Å². The van der Waals surface area contributed by atoms with Crippen molar-refractivity contribution in [3.05, 3.63) is 89.5 Å². The Morgan fingerprint density at radius 2 is 1.66 bits per heavy atom. The van der Waals surface area contributed by atoms with Gasteiger partial charge in [0.1, 0.15) is 12.3 Å². The van der Waals surface area contributed by atoms with Gasteiger partial charge in [0.25, 0.3) is 5.91 Å². The number of nitrogens with zero attached hydrogens (tertiary/aromatic N) is 1. The third-order valence-corrected chi connectivity index (χ3v) is 6.13. The van der Waals surface area contributed by atoms with E-state index < -0.39 is 0 Å². The zero-order valence-electron chi connectivity index (χ0n) is 18.9. The molecule has 0 unspecified atom stereocenters. The van der Waals surface area contributed by atoms with Crippen LogP contribution in [-0.2, 0) is 11.3 Å². The lowest BCUT2D eigenvalue weighted by Gasteiger charge is -2.33. The lowest BCUT2D eigenvalue weighted by Crippen LogP contribution is -3.13. The van der Waals surface area contributed by atoms with Gasteiger partial charge in [-0.15, -0.1) is 0 Å². The average molecular weight is 431 g/mol. The van der Waals surface area contributed by atoms with E-state index in [1.54, 1.807) is 4.90 Å². The van der Waals surface area contributed by atoms with E-state index >= 15 is 0 Å². The van der Waals surface area contributed by atoms with Crippen molar-refractivity contribution in [1.29, 1.82) is 0 Å². The van der Waals surface area contributed by atoms with Crippen molar-refractivity contribution in [3.63, 3.8) is 0 Å². The van der Waals surface area contributed by atoms with E-state index in [1.165, 1.54) is 16.8 Å². The highest BCUT2D eigenvalue weighted by Crippen LogP contribution is 2.19. The van der Waals surface area contributed by atoms with E-state index in [4.69, 9.17) is 4.74 Å². The van der Waals surface area contributed by atoms with E-state index in [1.807, 2.05) is 37.3 Å². The number of hydrogen-bond acceptors (Lipinski definition) is 3. The van der Waals surface area contributed by atoms with Gasteiger partial charge >= 0.3 is 0 Å². The summed E-state index contributed by atoms with van der Waals surface area (Å²) in [6.07, 6.45) is 0. The van der Waals surface area contributed by atoms with Gasteiger partial charge in [-0.1, -0.05) is 36.4 Å². The smallest absolute Gasteiger partial charge is 0.262 e. The van der Waals surface area contributed by atoms with E-state index in [0.717, 1.165) is 44.0 Å². The average Bonchev–Trinajstić information content (AvgIpc) is 2.82. The molecule has 32 heavy (non-hydrogen) atoms. The molecule has 0 aliphatic carbocycles. The van der Waals surface area contributed by atoms with Crippen LogP contribution in [0.15, 0.2) is 72.8 Å². The Morgan fingerprint density at radius 3 is 2.34 bits per heavy atom. The normalized spacial score (nSPS) is 14.2. The largest absolute Gasteiger partial charge is 0.484 e. The zero-order chi connectivity index (χ0) is 22.3. The molecule has 1 heterocycles. The Labute approximate surface area is 190 Å². The summed E-state index contributed by atoms with van der Waals surface area (Å²) < 4.78 is 5.62. The maximum absolute atomic E-state index is 12.3. The number of quaternary nitrogens is 1. The molecular formula is C27H32N3O2+. The molecule has 3 aromatic carbocycles. The fourth-order valence-electron chi connectivity index (χ4n) is 4.05. The summed E-state index contributed by atoms with van der Waals surface area (Å²) in [5.41, 5.74) is 5.75. The van der Waals surface area contributed by atoms with Crippen molar-refractivity contribution < 1.29 is 14.4 Å². The minimum Gasteiger partial charge on any atom is -0.484 e. The number of nitrogens with one attached hydrogen (secondary N) is 2. The maximum atomic E-state index is 12.3. The molecule has 2 N–H and O–H groups in total. The van der Waals surface area contributed by atoms with E-state index in [-0.39, 0.29) is 12.5 Å². The lowest BCUT2D eigenvalue weighted by molar-refractivity contribution is -0.914. The number of piperazine rings is 1. The number of aryl methyl sites for hydroxylation is 2. The Hall–Kier alpha value is -3.31. The first-order valence-corrected chi connectivity index (χ1v) is 11.3. The summed E-state index contributed by atoms with van der Waals surface area (Å²) in [6.45, 7) is 9.51. The summed E-state index contributed by atoms with van der Waals surface area (Å²) in [4.78, 5) is 16.3. The van der Waals surface area contributed by atoms with Gasteiger partial charge in [-0.25, -0.2) is 0 Å². The van der Waals surface area contributed by atoms with Gasteiger partial charge in [0.05, 0.1) is 26.2 Å². The molecule has 5 nitrogen and oxygen atoms in total. The topological polar surface area (TPSA) is 46.0 Å². The van der Waals surface area contributed by atoms with Crippen molar-refractivity contribution >= 4 is 17.3 Å². The molecule has 1 aliphatic heterocycles. The fourth-order valence-corrected chi connectivity index (χ4v) is 4.05. The Morgan fingerprint density at radius 1 is 0.938 bits per heavy atom. The van der Waals surface area contributed by atoms with Crippen molar-refractivity contribution in [3.8, 4) is 5.75 Å². The fraction of sp³-hybridized carbons (Fsp3) is 0.296. The van der Waals surface area contributed by atoms with Gasteiger partial charge in [-0.3, -0.25) is 4.79 Å². The van der Waals surface area contributed by atoms with Crippen LogP contribution in [0, 0.1) is 13.8 Å². The first-order valence-electron chi connectivity index (χ1n) is 11.3. The van der Waals surface area contributed by atoms with Crippen LogP contribution >= 0.6 is 0 Å². The highest BCUT2D eigenvalue weighted by molar-refractivity contribution is 5.92. The first kappa shape index (κ1) is 21.9.